The Hall–Kier alpha value is -0.730. The lowest BCUT2D eigenvalue weighted by molar-refractivity contribution is 0.252. The van der Waals surface area contributed by atoms with Crippen LogP contribution in [0.2, 0.25) is 5.02 Å². The first-order chi connectivity index (χ1) is 8.73. The highest BCUT2D eigenvalue weighted by atomic mass is 35.5. The van der Waals surface area contributed by atoms with Crippen LogP contribution in [-0.4, -0.2) is 13.2 Å². The van der Waals surface area contributed by atoms with Crippen LogP contribution < -0.4 is 10.5 Å². The molecular formula is C15H20ClNO. The van der Waals surface area contributed by atoms with E-state index in [0.29, 0.717) is 6.54 Å². The summed E-state index contributed by atoms with van der Waals surface area (Å²) < 4.78 is 5.75. The van der Waals surface area contributed by atoms with Gasteiger partial charge in [0.15, 0.2) is 0 Å². The summed E-state index contributed by atoms with van der Waals surface area (Å²) in [7, 11) is 0. The van der Waals surface area contributed by atoms with Gasteiger partial charge in [0.05, 0.1) is 11.6 Å². The molecule has 2 nitrogen and oxygen atoms in total. The van der Waals surface area contributed by atoms with Crippen LogP contribution in [0.15, 0.2) is 18.2 Å². The van der Waals surface area contributed by atoms with Crippen LogP contribution in [0.3, 0.4) is 0 Å². The highest BCUT2D eigenvalue weighted by Crippen LogP contribution is 2.44. The van der Waals surface area contributed by atoms with Crippen molar-refractivity contribution in [1.82, 2.24) is 0 Å². The summed E-state index contributed by atoms with van der Waals surface area (Å²) in [6.45, 7) is 1.52. The fraction of sp³-hybridized carbons (Fsp3) is 0.600. The van der Waals surface area contributed by atoms with Gasteiger partial charge in [0.1, 0.15) is 5.75 Å². The van der Waals surface area contributed by atoms with E-state index in [2.05, 4.69) is 12.1 Å². The van der Waals surface area contributed by atoms with Gasteiger partial charge >= 0.3 is 0 Å². The fourth-order valence-electron chi connectivity index (χ4n) is 2.65. The molecular weight excluding hydrogens is 246 g/mol. The molecule has 0 aromatic heterocycles. The lowest BCUT2D eigenvalue weighted by atomic mass is 9.64. The quantitative estimate of drug-likeness (QED) is 0.884. The van der Waals surface area contributed by atoms with Gasteiger partial charge in [-0.05, 0) is 49.3 Å². The van der Waals surface area contributed by atoms with Crippen LogP contribution in [0.1, 0.15) is 37.7 Å². The molecule has 0 atom stereocenters. The van der Waals surface area contributed by atoms with Gasteiger partial charge in [0.25, 0.3) is 0 Å². The van der Waals surface area contributed by atoms with E-state index >= 15 is 0 Å². The van der Waals surface area contributed by atoms with Crippen molar-refractivity contribution >= 4 is 11.6 Å². The molecule has 2 N–H and O–H groups in total. The maximum atomic E-state index is 6.31. The maximum Gasteiger partial charge on any atom is 0.137 e. The Morgan fingerprint density at radius 3 is 2.61 bits per heavy atom. The van der Waals surface area contributed by atoms with E-state index in [1.165, 1.54) is 37.7 Å². The molecule has 0 amide bonds. The molecule has 0 saturated heterocycles. The van der Waals surface area contributed by atoms with E-state index in [0.717, 1.165) is 23.3 Å². The first-order valence-electron chi connectivity index (χ1n) is 6.86. The maximum absolute atomic E-state index is 6.31. The van der Waals surface area contributed by atoms with Crippen molar-refractivity contribution in [2.24, 2.45) is 11.7 Å². The molecule has 2 aliphatic rings. The molecule has 98 valence electrons. The minimum Gasteiger partial charge on any atom is -0.492 e. The molecule has 3 rings (SSSR count). The van der Waals surface area contributed by atoms with Crippen molar-refractivity contribution in [3.05, 3.63) is 28.8 Å². The van der Waals surface area contributed by atoms with Crippen LogP contribution in [0.25, 0.3) is 0 Å². The number of ether oxygens (including phenoxy) is 1. The van der Waals surface area contributed by atoms with E-state index in [1.54, 1.807) is 0 Å². The zero-order chi connectivity index (χ0) is 12.6. The lowest BCUT2D eigenvalue weighted by Crippen LogP contribution is -2.41. The fourth-order valence-corrected chi connectivity index (χ4v) is 2.89. The van der Waals surface area contributed by atoms with Crippen LogP contribution in [0, 0.1) is 5.92 Å². The molecule has 0 heterocycles. The zero-order valence-electron chi connectivity index (χ0n) is 10.6. The molecule has 18 heavy (non-hydrogen) atoms. The summed E-state index contributed by atoms with van der Waals surface area (Å²) in [5, 5.41) is 0.730. The first kappa shape index (κ1) is 12.3. The van der Waals surface area contributed by atoms with Gasteiger partial charge in [0.2, 0.25) is 0 Å². The van der Waals surface area contributed by atoms with Crippen molar-refractivity contribution in [3.8, 4) is 5.75 Å². The Balaban J connectivity index is 1.75. The SMILES string of the molecule is NCC1(c2ccc(OCC3CC3)c(Cl)c2)CCC1. The van der Waals surface area contributed by atoms with Gasteiger partial charge in [-0.25, -0.2) is 0 Å². The van der Waals surface area contributed by atoms with Crippen LogP contribution >= 0.6 is 11.6 Å². The van der Waals surface area contributed by atoms with Crippen LogP contribution in [0.5, 0.6) is 5.75 Å². The van der Waals surface area contributed by atoms with E-state index in [4.69, 9.17) is 22.1 Å². The van der Waals surface area contributed by atoms with Gasteiger partial charge in [-0.15, -0.1) is 0 Å². The van der Waals surface area contributed by atoms with Crippen molar-refractivity contribution < 1.29 is 4.74 Å². The van der Waals surface area contributed by atoms with Crippen LogP contribution in [0.4, 0.5) is 0 Å². The van der Waals surface area contributed by atoms with Crippen molar-refractivity contribution in [2.75, 3.05) is 13.2 Å². The lowest BCUT2D eigenvalue weighted by Gasteiger charge is -2.41. The van der Waals surface area contributed by atoms with Crippen molar-refractivity contribution in [2.45, 2.75) is 37.5 Å². The van der Waals surface area contributed by atoms with Crippen molar-refractivity contribution in [1.29, 1.82) is 0 Å². The Morgan fingerprint density at radius 1 is 1.33 bits per heavy atom. The average Bonchev–Trinajstić information content (AvgIpc) is 3.11. The second kappa shape index (κ2) is 4.75. The normalized spacial score (nSPS) is 21.4. The van der Waals surface area contributed by atoms with E-state index < -0.39 is 0 Å². The Morgan fingerprint density at radius 2 is 2.11 bits per heavy atom. The third kappa shape index (κ3) is 2.24. The third-order valence-corrected chi connectivity index (χ3v) is 4.71. The number of nitrogens with two attached hydrogens (primary N) is 1. The Bertz CT molecular complexity index is 433. The highest BCUT2D eigenvalue weighted by molar-refractivity contribution is 6.32. The predicted molar refractivity (Wildman–Crippen MR) is 74.3 cm³/mol. The van der Waals surface area contributed by atoms with Gasteiger partial charge in [0, 0.05) is 12.0 Å². The van der Waals surface area contributed by atoms with Gasteiger partial charge in [-0.3, -0.25) is 0 Å². The molecule has 2 fully saturated rings. The second-order valence-corrected chi connectivity index (χ2v) is 6.14. The Kier molecular flexibility index (Phi) is 3.25. The molecule has 2 aliphatic carbocycles. The zero-order valence-corrected chi connectivity index (χ0v) is 11.4. The topological polar surface area (TPSA) is 35.2 Å². The molecule has 0 spiro atoms. The standard InChI is InChI=1S/C15H20ClNO/c16-13-8-12(15(10-17)6-1-7-15)4-5-14(13)18-9-11-2-3-11/h4-5,8,11H,1-3,6-7,9-10,17H2. The third-order valence-electron chi connectivity index (χ3n) is 4.42. The van der Waals surface area contributed by atoms with E-state index in [-0.39, 0.29) is 5.41 Å². The first-order valence-corrected chi connectivity index (χ1v) is 7.24. The van der Waals surface area contributed by atoms with E-state index in [9.17, 15) is 0 Å². The molecule has 0 aliphatic heterocycles. The summed E-state index contributed by atoms with van der Waals surface area (Å²) in [6.07, 6.45) is 6.23. The molecule has 1 aromatic carbocycles. The molecule has 2 saturated carbocycles. The van der Waals surface area contributed by atoms with E-state index in [1.807, 2.05) is 6.07 Å². The number of halogens is 1. The van der Waals surface area contributed by atoms with Gasteiger partial charge in [-0.1, -0.05) is 24.1 Å². The predicted octanol–water partition coefficient (Wildman–Crippen LogP) is 3.51. The number of hydrogen-bond donors (Lipinski definition) is 1. The monoisotopic (exact) mass is 265 g/mol. The van der Waals surface area contributed by atoms with Gasteiger partial charge in [-0.2, -0.15) is 0 Å². The molecule has 1 aromatic rings. The summed E-state index contributed by atoms with van der Waals surface area (Å²) in [5.41, 5.74) is 7.38. The summed E-state index contributed by atoms with van der Waals surface area (Å²) in [5.74, 6) is 1.57. The molecule has 0 radical (unpaired) electrons. The Labute approximate surface area is 113 Å². The highest BCUT2D eigenvalue weighted by Gasteiger charge is 2.37. The number of benzene rings is 1. The summed E-state index contributed by atoms with van der Waals surface area (Å²) in [4.78, 5) is 0. The summed E-state index contributed by atoms with van der Waals surface area (Å²) >= 11 is 6.31. The minimum atomic E-state index is 0.179. The van der Waals surface area contributed by atoms with Crippen molar-refractivity contribution in [3.63, 3.8) is 0 Å². The molecule has 0 unspecified atom stereocenters. The molecule has 3 heteroatoms. The summed E-state index contributed by atoms with van der Waals surface area (Å²) in [6, 6.07) is 6.20. The number of hydrogen-bond acceptors (Lipinski definition) is 2. The van der Waals surface area contributed by atoms with Crippen LogP contribution in [-0.2, 0) is 5.41 Å². The molecule has 0 bridgehead atoms. The average molecular weight is 266 g/mol. The minimum absolute atomic E-state index is 0.179. The largest absolute Gasteiger partial charge is 0.492 e. The second-order valence-electron chi connectivity index (χ2n) is 5.74. The smallest absolute Gasteiger partial charge is 0.137 e. The van der Waals surface area contributed by atoms with Gasteiger partial charge < -0.3 is 10.5 Å². The number of rotatable bonds is 5.